The van der Waals surface area contributed by atoms with Crippen molar-refractivity contribution in [2.24, 2.45) is 0 Å². The summed E-state index contributed by atoms with van der Waals surface area (Å²) in [6, 6.07) is 19.2. The normalized spacial score (nSPS) is 17.8. The van der Waals surface area contributed by atoms with Crippen molar-refractivity contribution in [3.8, 4) is 5.75 Å². The van der Waals surface area contributed by atoms with E-state index in [1.807, 2.05) is 42.2 Å². The van der Waals surface area contributed by atoms with E-state index in [1.54, 1.807) is 31.4 Å². The first-order valence-corrected chi connectivity index (χ1v) is 13.7. The maximum Gasteiger partial charge on any atom is 0.264 e. The van der Waals surface area contributed by atoms with Gasteiger partial charge in [-0.05, 0) is 73.5 Å². The predicted molar refractivity (Wildman–Crippen MR) is 142 cm³/mol. The summed E-state index contributed by atoms with van der Waals surface area (Å²) < 4.78 is 33.7. The van der Waals surface area contributed by atoms with Gasteiger partial charge in [-0.3, -0.25) is 9.10 Å². The van der Waals surface area contributed by atoms with Crippen molar-refractivity contribution in [1.82, 2.24) is 4.90 Å². The molecule has 9 heteroatoms. The Labute approximate surface area is 216 Å². The van der Waals surface area contributed by atoms with Crippen LogP contribution in [0.5, 0.6) is 5.75 Å². The molecule has 2 heterocycles. The molecular formula is C27H28ClN3O4S. The van der Waals surface area contributed by atoms with E-state index in [-0.39, 0.29) is 16.8 Å². The molecule has 0 radical (unpaired) electrons. The van der Waals surface area contributed by atoms with E-state index in [4.69, 9.17) is 16.3 Å². The van der Waals surface area contributed by atoms with Crippen molar-refractivity contribution in [3.05, 3.63) is 82.9 Å². The van der Waals surface area contributed by atoms with E-state index in [9.17, 15) is 13.2 Å². The predicted octanol–water partition coefficient (Wildman–Crippen LogP) is 4.45. The maximum absolute atomic E-state index is 13.4. The van der Waals surface area contributed by atoms with Crippen LogP contribution < -0.4 is 13.9 Å². The second-order valence-corrected chi connectivity index (χ2v) is 11.4. The average molecular weight is 526 g/mol. The highest BCUT2D eigenvalue weighted by atomic mass is 35.5. The van der Waals surface area contributed by atoms with Gasteiger partial charge in [-0.25, -0.2) is 8.42 Å². The van der Waals surface area contributed by atoms with Crippen LogP contribution in [0.1, 0.15) is 22.8 Å². The highest BCUT2D eigenvalue weighted by Crippen LogP contribution is 2.38. The van der Waals surface area contributed by atoms with E-state index >= 15 is 0 Å². The summed E-state index contributed by atoms with van der Waals surface area (Å²) >= 11 is 5.94. The number of carbonyl (C=O) groups is 1. The molecule has 3 aromatic carbocycles. The Bertz CT molecular complexity index is 1390. The van der Waals surface area contributed by atoms with Gasteiger partial charge in [0.1, 0.15) is 5.75 Å². The smallest absolute Gasteiger partial charge is 0.264 e. The van der Waals surface area contributed by atoms with Gasteiger partial charge in [0, 0.05) is 42.8 Å². The molecule has 36 heavy (non-hydrogen) atoms. The number of halogens is 1. The van der Waals surface area contributed by atoms with Crippen LogP contribution in [0, 0.1) is 0 Å². The van der Waals surface area contributed by atoms with Crippen LogP contribution in [-0.2, 0) is 16.4 Å². The first-order valence-electron chi connectivity index (χ1n) is 11.9. The summed E-state index contributed by atoms with van der Waals surface area (Å²) in [7, 11) is -2.08. The number of fused-ring (bicyclic) bond motifs is 1. The first kappa shape index (κ1) is 24.5. The third-order valence-corrected chi connectivity index (χ3v) is 9.04. The monoisotopic (exact) mass is 525 g/mol. The number of carbonyl (C=O) groups excluding carboxylic acids is 1. The van der Waals surface area contributed by atoms with Crippen molar-refractivity contribution in [3.63, 3.8) is 0 Å². The lowest BCUT2D eigenvalue weighted by Crippen LogP contribution is -2.48. The molecule has 0 N–H and O–H groups in total. The number of para-hydroxylation sites is 2. The number of rotatable bonds is 5. The minimum atomic E-state index is -3.75. The summed E-state index contributed by atoms with van der Waals surface area (Å²) in [4.78, 5) is 17.6. The zero-order valence-corrected chi connectivity index (χ0v) is 21.8. The second-order valence-electron chi connectivity index (χ2n) is 9.10. The Kier molecular flexibility index (Phi) is 6.57. The molecule has 7 nitrogen and oxygen atoms in total. The van der Waals surface area contributed by atoms with Crippen molar-refractivity contribution < 1.29 is 17.9 Å². The number of amides is 1. The van der Waals surface area contributed by atoms with Crippen LogP contribution in [0.15, 0.2) is 71.6 Å². The molecule has 5 rings (SSSR count). The van der Waals surface area contributed by atoms with Crippen LogP contribution in [-0.4, -0.2) is 58.6 Å². The molecule has 1 fully saturated rings. The van der Waals surface area contributed by atoms with E-state index in [0.717, 1.165) is 17.0 Å². The number of nitrogens with zero attached hydrogens (tertiary/aromatic N) is 3. The number of hydrogen-bond acceptors (Lipinski definition) is 5. The Morgan fingerprint density at radius 2 is 1.64 bits per heavy atom. The van der Waals surface area contributed by atoms with Gasteiger partial charge in [0.15, 0.2) is 0 Å². The summed E-state index contributed by atoms with van der Waals surface area (Å²) in [6.07, 6.45) is 0.546. The highest BCUT2D eigenvalue weighted by Gasteiger charge is 2.36. The van der Waals surface area contributed by atoms with Gasteiger partial charge >= 0.3 is 0 Å². The minimum Gasteiger partial charge on any atom is -0.495 e. The van der Waals surface area contributed by atoms with Crippen molar-refractivity contribution in [1.29, 1.82) is 0 Å². The third kappa shape index (κ3) is 4.40. The van der Waals surface area contributed by atoms with Crippen LogP contribution in [0.3, 0.4) is 0 Å². The van der Waals surface area contributed by atoms with Crippen LogP contribution in [0.25, 0.3) is 0 Å². The van der Waals surface area contributed by atoms with Crippen molar-refractivity contribution >= 4 is 38.9 Å². The van der Waals surface area contributed by atoms with E-state index in [0.29, 0.717) is 48.9 Å². The second kappa shape index (κ2) is 9.67. The van der Waals surface area contributed by atoms with E-state index < -0.39 is 10.0 Å². The Hall–Kier alpha value is -3.23. The van der Waals surface area contributed by atoms with Crippen molar-refractivity contribution in [2.45, 2.75) is 24.3 Å². The fourth-order valence-corrected chi connectivity index (χ4v) is 6.86. The topological polar surface area (TPSA) is 70.2 Å². The largest absolute Gasteiger partial charge is 0.495 e. The Balaban J connectivity index is 1.32. The number of ether oxygens (including phenoxy) is 1. The molecule has 0 unspecified atom stereocenters. The highest BCUT2D eigenvalue weighted by molar-refractivity contribution is 7.92. The zero-order chi connectivity index (χ0) is 25.4. The van der Waals surface area contributed by atoms with Gasteiger partial charge in [0.25, 0.3) is 15.9 Å². The third-order valence-electron chi connectivity index (χ3n) is 6.84. The Morgan fingerprint density at radius 1 is 0.944 bits per heavy atom. The summed E-state index contributed by atoms with van der Waals surface area (Å²) in [5.74, 6) is 0.785. The van der Waals surface area contributed by atoms with Gasteiger partial charge in [0.05, 0.1) is 23.4 Å². The fourth-order valence-electron chi connectivity index (χ4n) is 5.05. The minimum absolute atomic E-state index is 0.0378. The molecule has 1 atom stereocenters. The van der Waals surface area contributed by atoms with Gasteiger partial charge in [-0.1, -0.05) is 23.7 Å². The lowest BCUT2D eigenvalue weighted by atomic mass is 10.1. The molecular weight excluding hydrogens is 498 g/mol. The number of hydrogen-bond donors (Lipinski definition) is 0. The molecule has 2 aliphatic heterocycles. The molecule has 1 saturated heterocycles. The van der Waals surface area contributed by atoms with Crippen LogP contribution in [0.4, 0.5) is 11.4 Å². The first-order chi connectivity index (χ1) is 17.3. The van der Waals surface area contributed by atoms with E-state index in [1.165, 1.54) is 16.4 Å². The molecule has 0 saturated carbocycles. The molecule has 1 amide bonds. The number of sulfonamides is 1. The maximum atomic E-state index is 13.4. The standard InChI is InChI=1S/C27H28ClN3O4S/c1-19-17-21-18-20(7-12-24(21)31(19)36(33,34)23-10-8-22(28)9-11-23)27(32)30-15-13-29(14-16-30)25-5-3-4-6-26(25)35-2/h3-12,18-19H,13-17H2,1-2H3/t19-/m1/s1. The number of benzene rings is 3. The summed E-state index contributed by atoms with van der Waals surface area (Å²) in [5, 5.41) is 0.482. The molecule has 0 aliphatic carbocycles. The molecule has 0 bridgehead atoms. The average Bonchev–Trinajstić information content (AvgIpc) is 3.24. The number of methoxy groups -OCH3 is 1. The molecule has 0 spiro atoms. The Morgan fingerprint density at radius 3 is 2.33 bits per heavy atom. The van der Waals surface area contributed by atoms with Crippen LogP contribution >= 0.6 is 11.6 Å². The van der Waals surface area contributed by atoms with Gasteiger partial charge in [-0.15, -0.1) is 0 Å². The van der Waals surface area contributed by atoms with Gasteiger partial charge in [-0.2, -0.15) is 0 Å². The zero-order valence-electron chi connectivity index (χ0n) is 20.2. The quantitative estimate of drug-likeness (QED) is 0.492. The molecule has 0 aromatic heterocycles. The molecule has 3 aromatic rings. The molecule has 188 valence electrons. The van der Waals surface area contributed by atoms with Gasteiger partial charge < -0.3 is 14.5 Å². The van der Waals surface area contributed by atoms with Crippen LogP contribution in [0.2, 0.25) is 5.02 Å². The summed E-state index contributed by atoms with van der Waals surface area (Å²) in [6.45, 7) is 4.50. The number of piperazine rings is 1. The lowest BCUT2D eigenvalue weighted by Gasteiger charge is -2.36. The fraction of sp³-hybridized carbons (Fsp3) is 0.296. The number of anilines is 2. The van der Waals surface area contributed by atoms with E-state index in [2.05, 4.69) is 4.90 Å². The SMILES string of the molecule is COc1ccccc1N1CCN(C(=O)c2ccc3c(c2)C[C@@H](C)N3S(=O)(=O)c2ccc(Cl)cc2)CC1. The van der Waals surface area contributed by atoms with Crippen molar-refractivity contribution in [2.75, 3.05) is 42.5 Å². The van der Waals surface area contributed by atoms with Gasteiger partial charge in [0.2, 0.25) is 0 Å². The molecule has 2 aliphatic rings. The summed E-state index contributed by atoms with van der Waals surface area (Å²) in [5.41, 5.74) is 3.09. The lowest BCUT2D eigenvalue weighted by molar-refractivity contribution is 0.0746.